The highest BCUT2D eigenvalue weighted by atomic mass is 35.5. The SMILES string of the molecule is Cc1c(-c2ccc(CNC3CCCCCC3)cc2)ccc2[nH]cnc12.Cl. The highest BCUT2D eigenvalue weighted by Crippen LogP contribution is 2.28. The van der Waals surface area contributed by atoms with Crippen LogP contribution in [0.1, 0.15) is 49.7 Å². The van der Waals surface area contributed by atoms with E-state index in [0.29, 0.717) is 6.04 Å². The van der Waals surface area contributed by atoms with Crippen LogP contribution in [0.3, 0.4) is 0 Å². The van der Waals surface area contributed by atoms with Crippen molar-refractivity contribution in [1.29, 1.82) is 0 Å². The van der Waals surface area contributed by atoms with E-state index in [1.165, 1.54) is 60.8 Å². The summed E-state index contributed by atoms with van der Waals surface area (Å²) in [5, 5.41) is 3.76. The molecule has 1 fully saturated rings. The van der Waals surface area contributed by atoms with E-state index in [0.717, 1.165) is 17.6 Å². The van der Waals surface area contributed by atoms with E-state index < -0.39 is 0 Å². The Morgan fingerprint density at radius 3 is 2.46 bits per heavy atom. The van der Waals surface area contributed by atoms with Crippen molar-refractivity contribution in [2.75, 3.05) is 0 Å². The lowest BCUT2D eigenvalue weighted by molar-refractivity contribution is 0.459. The molecule has 2 aromatic carbocycles. The van der Waals surface area contributed by atoms with Crippen LogP contribution in [0.4, 0.5) is 0 Å². The van der Waals surface area contributed by atoms with Gasteiger partial charge in [-0.2, -0.15) is 0 Å². The van der Waals surface area contributed by atoms with Crippen LogP contribution in [-0.2, 0) is 6.54 Å². The van der Waals surface area contributed by atoms with E-state index in [-0.39, 0.29) is 12.4 Å². The second kappa shape index (κ2) is 8.70. The number of aromatic nitrogens is 2. The quantitative estimate of drug-likeness (QED) is 0.573. The Labute approximate surface area is 162 Å². The summed E-state index contributed by atoms with van der Waals surface area (Å²) in [6, 6.07) is 14.0. The van der Waals surface area contributed by atoms with Gasteiger partial charge in [0.15, 0.2) is 0 Å². The van der Waals surface area contributed by atoms with Gasteiger partial charge in [-0.1, -0.05) is 56.0 Å². The maximum atomic E-state index is 4.45. The minimum absolute atomic E-state index is 0. The first-order chi connectivity index (χ1) is 12.3. The van der Waals surface area contributed by atoms with Crippen molar-refractivity contribution in [2.45, 2.75) is 58.0 Å². The van der Waals surface area contributed by atoms with E-state index in [2.05, 4.69) is 58.6 Å². The molecule has 1 aromatic heterocycles. The Morgan fingerprint density at radius 2 is 1.73 bits per heavy atom. The number of H-pyrrole nitrogens is 1. The molecule has 0 atom stereocenters. The molecule has 0 spiro atoms. The molecule has 3 nitrogen and oxygen atoms in total. The average Bonchev–Trinajstić information content (AvgIpc) is 2.98. The first kappa shape index (κ1) is 18.9. The number of hydrogen-bond acceptors (Lipinski definition) is 2. The lowest BCUT2D eigenvalue weighted by Crippen LogP contribution is -2.27. The summed E-state index contributed by atoms with van der Waals surface area (Å²) < 4.78 is 0. The van der Waals surface area contributed by atoms with Gasteiger partial charge in [0.05, 0.1) is 17.4 Å². The average molecular weight is 370 g/mol. The number of imidazole rings is 1. The summed E-state index contributed by atoms with van der Waals surface area (Å²) in [7, 11) is 0. The predicted octanol–water partition coefficient (Wildman–Crippen LogP) is 5.77. The number of fused-ring (bicyclic) bond motifs is 1. The Balaban J connectivity index is 0.00000196. The molecule has 0 radical (unpaired) electrons. The molecule has 3 aromatic rings. The fourth-order valence-corrected chi connectivity index (χ4v) is 4.01. The minimum Gasteiger partial charge on any atom is -0.345 e. The first-order valence-corrected chi connectivity index (χ1v) is 9.56. The fraction of sp³-hybridized carbons (Fsp3) is 0.409. The minimum atomic E-state index is 0. The third-order valence-corrected chi connectivity index (χ3v) is 5.56. The van der Waals surface area contributed by atoms with Gasteiger partial charge in [0, 0.05) is 12.6 Å². The molecule has 0 unspecified atom stereocenters. The zero-order chi connectivity index (χ0) is 17.1. The van der Waals surface area contributed by atoms with Crippen molar-refractivity contribution in [3.05, 3.63) is 53.9 Å². The monoisotopic (exact) mass is 369 g/mol. The van der Waals surface area contributed by atoms with Crippen molar-refractivity contribution < 1.29 is 0 Å². The van der Waals surface area contributed by atoms with Gasteiger partial charge in [-0.05, 0) is 48.1 Å². The molecule has 1 saturated carbocycles. The third-order valence-electron chi connectivity index (χ3n) is 5.56. The maximum Gasteiger partial charge on any atom is 0.0931 e. The van der Waals surface area contributed by atoms with Crippen molar-refractivity contribution in [3.63, 3.8) is 0 Å². The van der Waals surface area contributed by atoms with Crippen LogP contribution in [0.15, 0.2) is 42.7 Å². The molecular formula is C22H28ClN3. The summed E-state index contributed by atoms with van der Waals surface area (Å²) in [5.41, 5.74) is 7.31. The van der Waals surface area contributed by atoms with Crippen LogP contribution < -0.4 is 5.32 Å². The highest BCUT2D eigenvalue weighted by Gasteiger charge is 2.12. The topological polar surface area (TPSA) is 40.7 Å². The van der Waals surface area contributed by atoms with Gasteiger partial charge >= 0.3 is 0 Å². The summed E-state index contributed by atoms with van der Waals surface area (Å²) in [6.45, 7) is 3.13. The standard InChI is InChI=1S/C22H27N3.ClH/c1-16-20(12-13-21-22(16)25-15-24-21)18-10-8-17(9-11-18)14-23-19-6-4-2-3-5-7-19;/h8-13,15,19,23H,2-7,14H2,1H3,(H,24,25);1H. The summed E-state index contributed by atoms with van der Waals surface area (Å²) >= 11 is 0. The molecule has 26 heavy (non-hydrogen) atoms. The Hall–Kier alpha value is -1.84. The summed E-state index contributed by atoms with van der Waals surface area (Å²) in [5.74, 6) is 0. The molecule has 4 heteroatoms. The van der Waals surface area contributed by atoms with Crippen LogP contribution in [0, 0.1) is 6.92 Å². The molecule has 0 bridgehead atoms. The summed E-state index contributed by atoms with van der Waals surface area (Å²) in [4.78, 5) is 7.63. The number of hydrogen-bond donors (Lipinski definition) is 2. The van der Waals surface area contributed by atoms with E-state index >= 15 is 0 Å². The molecule has 4 rings (SSSR count). The molecule has 1 aliphatic rings. The molecule has 2 N–H and O–H groups in total. The van der Waals surface area contributed by atoms with Gasteiger partial charge in [-0.25, -0.2) is 4.98 Å². The number of aromatic amines is 1. The Bertz CT molecular complexity index is 830. The van der Waals surface area contributed by atoms with E-state index in [4.69, 9.17) is 0 Å². The van der Waals surface area contributed by atoms with Gasteiger partial charge in [-0.15, -0.1) is 12.4 Å². The van der Waals surface area contributed by atoms with Gasteiger partial charge in [-0.3, -0.25) is 0 Å². The number of rotatable bonds is 4. The highest BCUT2D eigenvalue weighted by molar-refractivity contribution is 5.86. The number of nitrogens with zero attached hydrogens (tertiary/aromatic N) is 1. The zero-order valence-electron chi connectivity index (χ0n) is 15.4. The number of benzene rings is 2. The number of nitrogens with one attached hydrogen (secondary N) is 2. The zero-order valence-corrected chi connectivity index (χ0v) is 16.2. The van der Waals surface area contributed by atoms with Crippen LogP contribution in [0.5, 0.6) is 0 Å². The van der Waals surface area contributed by atoms with Crippen molar-refractivity contribution in [1.82, 2.24) is 15.3 Å². The van der Waals surface area contributed by atoms with Crippen LogP contribution in [-0.4, -0.2) is 16.0 Å². The van der Waals surface area contributed by atoms with E-state index in [9.17, 15) is 0 Å². The molecule has 0 saturated heterocycles. The number of halogens is 1. The van der Waals surface area contributed by atoms with Crippen molar-refractivity contribution in [3.8, 4) is 11.1 Å². The summed E-state index contributed by atoms with van der Waals surface area (Å²) in [6.07, 6.45) is 10.0. The first-order valence-electron chi connectivity index (χ1n) is 9.56. The van der Waals surface area contributed by atoms with Gasteiger partial charge < -0.3 is 10.3 Å². The van der Waals surface area contributed by atoms with Crippen LogP contribution in [0.25, 0.3) is 22.2 Å². The molecule has 138 valence electrons. The lowest BCUT2D eigenvalue weighted by atomic mass is 9.98. The molecule has 1 aliphatic carbocycles. The van der Waals surface area contributed by atoms with Crippen LogP contribution in [0.2, 0.25) is 0 Å². The maximum absolute atomic E-state index is 4.45. The largest absolute Gasteiger partial charge is 0.345 e. The fourth-order valence-electron chi connectivity index (χ4n) is 4.01. The van der Waals surface area contributed by atoms with Crippen molar-refractivity contribution in [2.24, 2.45) is 0 Å². The molecular weight excluding hydrogens is 342 g/mol. The lowest BCUT2D eigenvalue weighted by Gasteiger charge is -2.16. The molecule has 0 amide bonds. The normalized spacial score (nSPS) is 15.6. The van der Waals surface area contributed by atoms with E-state index in [1.54, 1.807) is 6.33 Å². The second-order valence-corrected chi connectivity index (χ2v) is 7.30. The van der Waals surface area contributed by atoms with E-state index in [1.807, 2.05) is 0 Å². The molecule has 0 aliphatic heterocycles. The Kier molecular flexibility index (Phi) is 6.33. The van der Waals surface area contributed by atoms with Gasteiger partial charge in [0.1, 0.15) is 0 Å². The van der Waals surface area contributed by atoms with Gasteiger partial charge in [0.2, 0.25) is 0 Å². The smallest absolute Gasteiger partial charge is 0.0931 e. The second-order valence-electron chi connectivity index (χ2n) is 7.30. The predicted molar refractivity (Wildman–Crippen MR) is 112 cm³/mol. The van der Waals surface area contributed by atoms with Gasteiger partial charge in [0.25, 0.3) is 0 Å². The van der Waals surface area contributed by atoms with Crippen molar-refractivity contribution >= 4 is 23.4 Å². The third kappa shape index (κ3) is 4.11. The molecule has 1 heterocycles. The Morgan fingerprint density at radius 1 is 1.00 bits per heavy atom. The number of aryl methyl sites for hydroxylation is 1. The van der Waals surface area contributed by atoms with Crippen LogP contribution >= 0.6 is 12.4 Å².